The second-order valence-corrected chi connectivity index (χ2v) is 6.41. The lowest BCUT2D eigenvalue weighted by molar-refractivity contribution is -0.204. The van der Waals surface area contributed by atoms with Gasteiger partial charge in [0.2, 0.25) is 0 Å². The summed E-state index contributed by atoms with van der Waals surface area (Å²) in [6, 6.07) is 10.4. The second-order valence-electron chi connectivity index (χ2n) is 6.41. The van der Waals surface area contributed by atoms with Crippen molar-refractivity contribution in [2.45, 2.75) is 25.7 Å². The lowest BCUT2D eigenvalue weighted by Crippen LogP contribution is -2.69. The molecule has 166 valence electrons. The third-order valence-corrected chi connectivity index (χ3v) is 4.26. The highest BCUT2D eigenvalue weighted by Crippen LogP contribution is 2.34. The summed E-state index contributed by atoms with van der Waals surface area (Å²) < 4.78 is 52.3. The van der Waals surface area contributed by atoms with Gasteiger partial charge in [0.1, 0.15) is 5.75 Å². The Morgan fingerprint density at radius 1 is 1.00 bits per heavy atom. The number of methoxy groups -OCH3 is 1. The van der Waals surface area contributed by atoms with Gasteiger partial charge in [-0.3, -0.25) is 9.59 Å². The molecule has 1 atom stereocenters. The highest BCUT2D eigenvalue weighted by atomic mass is 19.4. The lowest BCUT2D eigenvalue weighted by Gasteiger charge is -2.35. The van der Waals surface area contributed by atoms with Crippen molar-refractivity contribution in [3.63, 3.8) is 0 Å². The van der Waals surface area contributed by atoms with E-state index in [1.54, 1.807) is 5.32 Å². The minimum absolute atomic E-state index is 0.117. The van der Waals surface area contributed by atoms with Crippen LogP contribution in [0.25, 0.3) is 0 Å². The number of hydrogen-bond donors (Lipinski definition) is 2. The van der Waals surface area contributed by atoms with Gasteiger partial charge < -0.3 is 20.1 Å². The monoisotopic (exact) mass is 438 g/mol. The van der Waals surface area contributed by atoms with Gasteiger partial charge in [0.05, 0.1) is 13.7 Å². The van der Waals surface area contributed by atoms with E-state index >= 15 is 0 Å². The van der Waals surface area contributed by atoms with Crippen molar-refractivity contribution < 1.29 is 37.0 Å². The zero-order chi connectivity index (χ0) is 23.2. The van der Waals surface area contributed by atoms with E-state index in [1.165, 1.54) is 63.4 Å². The first-order valence-corrected chi connectivity index (χ1v) is 9.13. The van der Waals surface area contributed by atoms with Crippen LogP contribution in [-0.2, 0) is 9.53 Å². The third kappa shape index (κ3) is 5.33. The Kier molecular flexibility index (Phi) is 7.27. The summed E-state index contributed by atoms with van der Waals surface area (Å²) in [5, 5.41) is 3.76. The van der Waals surface area contributed by atoms with Crippen molar-refractivity contribution in [2.24, 2.45) is 0 Å². The molecule has 10 heteroatoms. The van der Waals surface area contributed by atoms with Crippen LogP contribution in [0.5, 0.6) is 5.75 Å². The number of carbonyl (C=O) groups is 3. The first-order chi connectivity index (χ1) is 14.5. The van der Waals surface area contributed by atoms with E-state index in [1.807, 2.05) is 5.32 Å². The predicted molar refractivity (Wildman–Crippen MR) is 106 cm³/mol. The van der Waals surface area contributed by atoms with E-state index in [0.29, 0.717) is 5.75 Å². The fraction of sp³-hybridized carbons (Fsp3) is 0.286. The largest absolute Gasteiger partial charge is 0.497 e. The molecule has 0 spiro atoms. The van der Waals surface area contributed by atoms with Gasteiger partial charge in [-0.2, -0.15) is 13.2 Å². The maximum absolute atomic E-state index is 14.2. The predicted octanol–water partition coefficient (Wildman–Crippen LogP) is 3.56. The van der Waals surface area contributed by atoms with Crippen LogP contribution < -0.4 is 15.4 Å². The Bertz CT molecular complexity index is 960. The molecule has 0 heterocycles. The van der Waals surface area contributed by atoms with E-state index in [4.69, 9.17) is 4.74 Å². The van der Waals surface area contributed by atoms with Crippen LogP contribution in [0.15, 0.2) is 48.5 Å². The quantitative estimate of drug-likeness (QED) is 0.372. The zero-order valence-electron chi connectivity index (χ0n) is 17.0. The van der Waals surface area contributed by atoms with Gasteiger partial charge in [-0.05, 0) is 50.2 Å². The molecule has 0 aliphatic heterocycles. The van der Waals surface area contributed by atoms with Crippen LogP contribution in [0.3, 0.4) is 0 Å². The Labute approximate surface area is 176 Å². The maximum Gasteiger partial charge on any atom is 0.441 e. The number of carbonyl (C=O) groups excluding carboxylic acids is 3. The normalized spacial score (nSPS) is 13.0. The highest BCUT2D eigenvalue weighted by molar-refractivity contribution is 6.00. The summed E-state index contributed by atoms with van der Waals surface area (Å²) >= 11 is 0. The number of esters is 1. The number of alkyl halides is 3. The van der Waals surface area contributed by atoms with Gasteiger partial charge in [0, 0.05) is 16.8 Å². The molecule has 2 aromatic carbocycles. The molecule has 0 fully saturated rings. The fourth-order valence-corrected chi connectivity index (χ4v) is 2.65. The van der Waals surface area contributed by atoms with Gasteiger partial charge in [0.25, 0.3) is 5.91 Å². The van der Waals surface area contributed by atoms with E-state index in [2.05, 4.69) is 4.74 Å². The number of amides is 1. The van der Waals surface area contributed by atoms with E-state index < -0.39 is 23.7 Å². The summed E-state index contributed by atoms with van der Waals surface area (Å²) in [4.78, 5) is 36.7. The van der Waals surface area contributed by atoms with Crippen LogP contribution in [0.2, 0.25) is 0 Å². The average Bonchev–Trinajstić information content (AvgIpc) is 2.72. The Balaban J connectivity index is 2.52. The highest BCUT2D eigenvalue weighted by Gasteiger charge is 2.63. The summed E-state index contributed by atoms with van der Waals surface area (Å²) in [6.45, 7) is 2.22. The standard InChI is InChI=1S/C21H21F3N2O5/c1-4-31-19(29)20(21(22,23)24,25-16-7-5-6-15(12-16)13(2)27)26-18(28)14-8-10-17(30-3)11-9-14/h5-12,25H,4H2,1-3H3,(H,26,28)/t20-/m0/s1. The molecule has 2 N–H and O–H groups in total. The van der Waals surface area contributed by atoms with Crippen LogP contribution in [-0.4, -0.2) is 43.2 Å². The summed E-state index contributed by atoms with van der Waals surface area (Å²) in [5.74, 6) is -2.93. The van der Waals surface area contributed by atoms with Crippen molar-refractivity contribution in [1.82, 2.24) is 5.32 Å². The van der Waals surface area contributed by atoms with Crippen molar-refractivity contribution in [1.29, 1.82) is 0 Å². The first-order valence-electron chi connectivity index (χ1n) is 9.13. The lowest BCUT2D eigenvalue weighted by atomic mass is 10.1. The molecule has 0 aliphatic rings. The number of nitrogens with one attached hydrogen (secondary N) is 2. The van der Waals surface area contributed by atoms with Gasteiger partial charge in [0.15, 0.2) is 5.78 Å². The smallest absolute Gasteiger partial charge is 0.441 e. The maximum atomic E-state index is 14.2. The van der Waals surface area contributed by atoms with Gasteiger partial charge in [-0.15, -0.1) is 0 Å². The average molecular weight is 438 g/mol. The molecular formula is C21H21F3N2O5. The topological polar surface area (TPSA) is 93.7 Å². The minimum Gasteiger partial charge on any atom is -0.497 e. The molecule has 2 rings (SSSR count). The number of Topliss-reactive ketones (excluding diaryl/α,β-unsaturated/α-hetero) is 1. The minimum atomic E-state index is -5.30. The number of anilines is 1. The SMILES string of the molecule is CCOC(=O)[C@@](NC(=O)c1ccc(OC)cc1)(Nc1cccc(C(C)=O)c1)C(F)(F)F. The molecule has 0 saturated heterocycles. The molecule has 0 unspecified atom stereocenters. The number of benzene rings is 2. The van der Waals surface area contributed by atoms with E-state index in [-0.39, 0.29) is 29.2 Å². The summed E-state index contributed by atoms with van der Waals surface area (Å²) in [6.07, 6.45) is -5.30. The molecule has 31 heavy (non-hydrogen) atoms. The fourth-order valence-electron chi connectivity index (χ4n) is 2.65. The molecule has 0 aliphatic carbocycles. The summed E-state index contributed by atoms with van der Waals surface area (Å²) in [5.41, 5.74) is -3.84. The van der Waals surface area contributed by atoms with Crippen LogP contribution in [0.4, 0.5) is 18.9 Å². The summed E-state index contributed by atoms with van der Waals surface area (Å²) in [7, 11) is 1.39. The van der Waals surface area contributed by atoms with Crippen LogP contribution in [0.1, 0.15) is 34.6 Å². The molecule has 1 amide bonds. The number of halogens is 3. The van der Waals surface area contributed by atoms with Crippen molar-refractivity contribution in [3.8, 4) is 5.75 Å². The Hall–Kier alpha value is -3.56. The molecule has 0 radical (unpaired) electrons. The van der Waals surface area contributed by atoms with Crippen molar-refractivity contribution in [2.75, 3.05) is 19.0 Å². The van der Waals surface area contributed by atoms with Crippen molar-refractivity contribution in [3.05, 3.63) is 59.7 Å². The van der Waals surface area contributed by atoms with Gasteiger partial charge in [-0.25, -0.2) is 4.79 Å². The number of hydrogen-bond acceptors (Lipinski definition) is 6. The van der Waals surface area contributed by atoms with Gasteiger partial charge in [-0.1, -0.05) is 12.1 Å². The third-order valence-electron chi connectivity index (χ3n) is 4.26. The Morgan fingerprint density at radius 2 is 1.65 bits per heavy atom. The van der Waals surface area contributed by atoms with Crippen LogP contribution in [0, 0.1) is 0 Å². The zero-order valence-corrected chi connectivity index (χ0v) is 17.0. The number of ketones is 1. The molecule has 0 bridgehead atoms. The molecule has 0 aromatic heterocycles. The second kappa shape index (κ2) is 9.50. The van der Waals surface area contributed by atoms with Gasteiger partial charge >= 0.3 is 17.8 Å². The van der Waals surface area contributed by atoms with E-state index in [9.17, 15) is 27.6 Å². The first kappa shape index (κ1) is 23.7. The van der Waals surface area contributed by atoms with E-state index in [0.717, 1.165) is 6.07 Å². The molecular weight excluding hydrogens is 417 g/mol. The Morgan fingerprint density at radius 3 is 2.16 bits per heavy atom. The molecule has 0 saturated carbocycles. The van der Waals surface area contributed by atoms with Crippen molar-refractivity contribution >= 4 is 23.3 Å². The number of rotatable bonds is 8. The van der Waals surface area contributed by atoms with Crippen LogP contribution >= 0.6 is 0 Å². The molecule has 7 nitrogen and oxygen atoms in total. The molecule has 2 aromatic rings. The number of ether oxygens (including phenoxy) is 2.